The van der Waals surface area contributed by atoms with Crippen LogP contribution in [0.25, 0.3) is 0 Å². The predicted molar refractivity (Wildman–Crippen MR) is 73.7 cm³/mol. The molecule has 106 valence electrons. The summed E-state index contributed by atoms with van der Waals surface area (Å²) in [5, 5.41) is 5.89. The molecule has 1 unspecified atom stereocenters. The lowest BCUT2D eigenvalue weighted by molar-refractivity contribution is -0.123. The maximum absolute atomic E-state index is 11.7. The van der Waals surface area contributed by atoms with Gasteiger partial charge in [0.25, 0.3) is 0 Å². The number of rotatable bonds is 10. The van der Waals surface area contributed by atoms with Crippen LogP contribution >= 0.6 is 0 Å². The van der Waals surface area contributed by atoms with E-state index in [1.807, 2.05) is 19.1 Å². The maximum Gasteiger partial charge on any atom is 0.237 e. The van der Waals surface area contributed by atoms with Crippen molar-refractivity contribution in [3.05, 3.63) is 36.8 Å². The third-order valence-electron chi connectivity index (χ3n) is 2.57. The van der Waals surface area contributed by atoms with E-state index in [9.17, 15) is 4.79 Å². The quantitative estimate of drug-likeness (QED) is 0.497. The standard InChI is InChI=1S/C14H22N2O3/c1-3-4-8-18-10-7-15-12(2)14(17)16-11-13-6-5-9-19-13/h3,5-6,9,12,15H,1,4,7-8,10-11H2,2H3,(H,16,17). The van der Waals surface area contributed by atoms with Gasteiger partial charge in [0, 0.05) is 6.54 Å². The summed E-state index contributed by atoms with van der Waals surface area (Å²) < 4.78 is 10.5. The molecule has 0 saturated carbocycles. The molecule has 0 aromatic carbocycles. The van der Waals surface area contributed by atoms with Crippen LogP contribution in [0.1, 0.15) is 19.1 Å². The van der Waals surface area contributed by atoms with Crippen molar-refractivity contribution in [3.8, 4) is 0 Å². The Balaban J connectivity index is 2.06. The monoisotopic (exact) mass is 266 g/mol. The molecule has 0 spiro atoms. The van der Waals surface area contributed by atoms with Crippen LogP contribution in [0.3, 0.4) is 0 Å². The molecule has 0 aliphatic carbocycles. The zero-order valence-electron chi connectivity index (χ0n) is 11.4. The van der Waals surface area contributed by atoms with Crippen LogP contribution in [0.4, 0.5) is 0 Å². The Hall–Kier alpha value is -1.59. The third kappa shape index (κ3) is 6.79. The van der Waals surface area contributed by atoms with Crippen molar-refractivity contribution in [2.45, 2.75) is 25.9 Å². The Morgan fingerprint density at radius 2 is 2.42 bits per heavy atom. The van der Waals surface area contributed by atoms with E-state index in [1.54, 1.807) is 12.3 Å². The molecule has 0 bridgehead atoms. The highest BCUT2D eigenvalue weighted by Gasteiger charge is 2.11. The van der Waals surface area contributed by atoms with E-state index in [1.165, 1.54) is 0 Å². The van der Waals surface area contributed by atoms with Crippen molar-refractivity contribution in [2.24, 2.45) is 0 Å². The summed E-state index contributed by atoms with van der Waals surface area (Å²) in [6.45, 7) is 7.75. The molecule has 1 aromatic rings. The summed E-state index contributed by atoms with van der Waals surface area (Å²) in [6, 6.07) is 3.37. The van der Waals surface area contributed by atoms with Crippen LogP contribution in [0.15, 0.2) is 35.5 Å². The van der Waals surface area contributed by atoms with Crippen molar-refractivity contribution in [1.82, 2.24) is 10.6 Å². The SMILES string of the molecule is C=CCCOCCNC(C)C(=O)NCc1ccco1. The number of nitrogens with one attached hydrogen (secondary N) is 2. The van der Waals surface area contributed by atoms with E-state index in [0.29, 0.717) is 26.3 Å². The number of carbonyl (C=O) groups excluding carboxylic acids is 1. The second-order valence-electron chi connectivity index (χ2n) is 4.16. The zero-order chi connectivity index (χ0) is 13.9. The predicted octanol–water partition coefficient (Wildman–Crippen LogP) is 1.47. The average molecular weight is 266 g/mol. The summed E-state index contributed by atoms with van der Waals surface area (Å²) in [4.78, 5) is 11.7. The molecule has 1 heterocycles. The van der Waals surface area contributed by atoms with Gasteiger partial charge in [0.05, 0.1) is 32.1 Å². The summed E-state index contributed by atoms with van der Waals surface area (Å²) >= 11 is 0. The Labute approximate surface area is 114 Å². The van der Waals surface area contributed by atoms with Crippen LogP contribution in [0.2, 0.25) is 0 Å². The largest absolute Gasteiger partial charge is 0.467 e. The minimum Gasteiger partial charge on any atom is -0.467 e. The molecule has 0 aliphatic rings. The van der Waals surface area contributed by atoms with E-state index < -0.39 is 0 Å². The molecule has 0 fully saturated rings. The molecule has 5 nitrogen and oxygen atoms in total. The lowest BCUT2D eigenvalue weighted by atomic mass is 10.3. The molecule has 1 atom stereocenters. The first-order valence-corrected chi connectivity index (χ1v) is 6.46. The second-order valence-corrected chi connectivity index (χ2v) is 4.16. The van der Waals surface area contributed by atoms with Gasteiger partial charge in [0.1, 0.15) is 5.76 Å². The van der Waals surface area contributed by atoms with Gasteiger partial charge >= 0.3 is 0 Å². The molecule has 1 amide bonds. The van der Waals surface area contributed by atoms with E-state index in [0.717, 1.165) is 12.2 Å². The highest BCUT2D eigenvalue weighted by atomic mass is 16.5. The van der Waals surface area contributed by atoms with E-state index in [4.69, 9.17) is 9.15 Å². The zero-order valence-corrected chi connectivity index (χ0v) is 11.4. The van der Waals surface area contributed by atoms with Crippen molar-refractivity contribution in [1.29, 1.82) is 0 Å². The smallest absolute Gasteiger partial charge is 0.237 e. The topological polar surface area (TPSA) is 63.5 Å². The summed E-state index contributed by atoms with van der Waals surface area (Å²) in [5.74, 6) is 0.691. The first kappa shape index (κ1) is 15.5. The summed E-state index contributed by atoms with van der Waals surface area (Å²) in [6.07, 6.45) is 4.25. The molecule has 5 heteroatoms. The van der Waals surface area contributed by atoms with Crippen LogP contribution in [0.5, 0.6) is 0 Å². The molecule has 0 aliphatic heterocycles. The summed E-state index contributed by atoms with van der Waals surface area (Å²) in [7, 11) is 0. The number of furan rings is 1. The lowest BCUT2D eigenvalue weighted by Crippen LogP contribution is -2.43. The minimum absolute atomic E-state index is 0.0532. The van der Waals surface area contributed by atoms with Crippen molar-refractivity contribution in [2.75, 3.05) is 19.8 Å². The molecular weight excluding hydrogens is 244 g/mol. The number of hydrogen-bond acceptors (Lipinski definition) is 4. The van der Waals surface area contributed by atoms with Gasteiger partial charge in [0.15, 0.2) is 0 Å². The van der Waals surface area contributed by atoms with Crippen LogP contribution in [-0.2, 0) is 16.1 Å². The fraction of sp³-hybridized carbons (Fsp3) is 0.500. The van der Waals surface area contributed by atoms with Gasteiger partial charge in [0.2, 0.25) is 5.91 Å². The van der Waals surface area contributed by atoms with Gasteiger partial charge in [-0.25, -0.2) is 0 Å². The van der Waals surface area contributed by atoms with Gasteiger partial charge in [-0.3, -0.25) is 4.79 Å². The van der Waals surface area contributed by atoms with Gasteiger partial charge < -0.3 is 19.8 Å². The fourth-order valence-corrected chi connectivity index (χ4v) is 1.45. The molecular formula is C14H22N2O3. The minimum atomic E-state index is -0.252. The molecule has 0 radical (unpaired) electrons. The number of carbonyl (C=O) groups is 1. The molecule has 1 rings (SSSR count). The van der Waals surface area contributed by atoms with Crippen LogP contribution in [0, 0.1) is 0 Å². The number of ether oxygens (including phenoxy) is 1. The lowest BCUT2D eigenvalue weighted by Gasteiger charge is -2.13. The van der Waals surface area contributed by atoms with Gasteiger partial charge in [-0.15, -0.1) is 6.58 Å². The van der Waals surface area contributed by atoms with Crippen LogP contribution in [-0.4, -0.2) is 31.7 Å². The number of hydrogen-bond donors (Lipinski definition) is 2. The average Bonchev–Trinajstić information content (AvgIpc) is 2.93. The number of amides is 1. The first-order chi connectivity index (χ1) is 9.24. The molecule has 1 aromatic heterocycles. The molecule has 19 heavy (non-hydrogen) atoms. The Morgan fingerprint density at radius 1 is 1.58 bits per heavy atom. The fourth-order valence-electron chi connectivity index (χ4n) is 1.45. The van der Waals surface area contributed by atoms with Crippen molar-refractivity contribution >= 4 is 5.91 Å². The Kier molecular flexibility index (Phi) is 7.62. The van der Waals surface area contributed by atoms with E-state index >= 15 is 0 Å². The van der Waals surface area contributed by atoms with E-state index in [-0.39, 0.29) is 11.9 Å². The van der Waals surface area contributed by atoms with Crippen molar-refractivity contribution in [3.63, 3.8) is 0 Å². The Bertz CT molecular complexity index is 363. The molecule has 0 saturated heterocycles. The highest BCUT2D eigenvalue weighted by Crippen LogP contribution is 1.98. The second kappa shape index (κ2) is 9.35. The Morgan fingerprint density at radius 3 is 3.11 bits per heavy atom. The van der Waals surface area contributed by atoms with Crippen molar-refractivity contribution < 1.29 is 13.9 Å². The first-order valence-electron chi connectivity index (χ1n) is 6.46. The van der Waals surface area contributed by atoms with Gasteiger partial charge in [-0.2, -0.15) is 0 Å². The molecule has 2 N–H and O–H groups in total. The maximum atomic E-state index is 11.7. The summed E-state index contributed by atoms with van der Waals surface area (Å²) in [5.41, 5.74) is 0. The normalized spacial score (nSPS) is 12.1. The van der Waals surface area contributed by atoms with E-state index in [2.05, 4.69) is 17.2 Å². The highest BCUT2D eigenvalue weighted by molar-refractivity contribution is 5.81. The van der Waals surface area contributed by atoms with Gasteiger partial charge in [-0.05, 0) is 25.5 Å². The van der Waals surface area contributed by atoms with Gasteiger partial charge in [-0.1, -0.05) is 6.08 Å². The third-order valence-corrected chi connectivity index (χ3v) is 2.57. The van der Waals surface area contributed by atoms with Crippen LogP contribution < -0.4 is 10.6 Å².